The molecular weight excluding hydrogens is 277 g/mol. The van der Waals surface area contributed by atoms with Crippen LogP contribution in [0.1, 0.15) is 43.4 Å². The van der Waals surface area contributed by atoms with Crippen molar-refractivity contribution >= 4 is 5.91 Å². The van der Waals surface area contributed by atoms with Gasteiger partial charge in [-0.2, -0.15) is 0 Å². The Hall–Kier alpha value is -2.16. The number of nitrogens with one attached hydrogen (secondary N) is 1. The number of benzene rings is 2. The Morgan fingerprint density at radius 3 is 2.27 bits per heavy atom. The molecule has 3 rings (SSSR count). The molecule has 0 bridgehead atoms. The van der Waals surface area contributed by atoms with Crippen LogP contribution in [0.15, 0.2) is 54.6 Å². The van der Waals surface area contributed by atoms with Crippen LogP contribution in [0.5, 0.6) is 0 Å². The lowest BCUT2D eigenvalue weighted by molar-refractivity contribution is -0.130. The van der Waals surface area contributed by atoms with Crippen LogP contribution >= 0.6 is 0 Å². The SMILES string of the molecule is CC(NC(=O)C1(c2ccc(F)cc2)CCC1)c1ccccc1. The van der Waals surface area contributed by atoms with Crippen LogP contribution < -0.4 is 5.32 Å². The Balaban J connectivity index is 1.79. The first kappa shape index (κ1) is 14.8. The van der Waals surface area contributed by atoms with E-state index in [1.54, 1.807) is 12.1 Å². The zero-order valence-corrected chi connectivity index (χ0v) is 12.7. The van der Waals surface area contributed by atoms with Crippen molar-refractivity contribution in [1.82, 2.24) is 5.32 Å². The van der Waals surface area contributed by atoms with Gasteiger partial charge in [-0.1, -0.05) is 48.9 Å². The van der Waals surface area contributed by atoms with Crippen molar-refractivity contribution in [1.29, 1.82) is 0 Å². The predicted octanol–water partition coefficient (Wildman–Crippen LogP) is 4.12. The molecule has 1 unspecified atom stereocenters. The van der Waals surface area contributed by atoms with Gasteiger partial charge in [0.15, 0.2) is 0 Å². The molecule has 1 saturated carbocycles. The van der Waals surface area contributed by atoms with Gasteiger partial charge in [0, 0.05) is 0 Å². The molecule has 1 aliphatic rings. The molecule has 1 atom stereocenters. The Kier molecular flexibility index (Phi) is 3.97. The smallest absolute Gasteiger partial charge is 0.231 e. The topological polar surface area (TPSA) is 29.1 Å². The van der Waals surface area contributed by atoms with E-state index in [4.69, 9.17) is 0 Å². The predicted molar refractivity (Wildman–Crippen MR) is 84.9 cm³/mol. The van der Waals surface area contributed by atoms with Gasteiger partial charge in [0.25, 0.3) is 0 Å². The maximum atomic E-state index is 13.1. The Morgan fingerprint density at radius 2 is 1.73 bits per heavy atom. The fraction of sp³-hybridized carbons (Fsp3) is 0.316. The van der Waals surface area contributed by atoms with Gasteiger partial charge >= 0.3 is 0 Å². The first-order valence-corrected chi connectivity index (χ1v) is 7.74. The third-order valence-corrected chi connectivity index (χ3v) is 4.69. The third kappa shape index (κ3) is 2.63. The van der Waals surface area contributed by atoms with Gasteiger partial charge in [0.1, 0.15) is 5.82 Å². The molecule has 0 spiro atoms. The van der Waals surface area contributed by atoms with Crippen LogP contribution in [0.25, 0.3) is 0 Å². The standard InChI is InChI=1S/C19H20FNO/c1-14(15-6-3-2-4-7-15)21-18(22)19(12-5-13-19)16-8-10-17(20)11-9-16/h2-4,6-11,14H,5,12-13H2,1H3,(H,21,22). The molecule has 1 N–H and O–H groups in total. The van der Waals surface area contributed by atoms with Crippen LogP contribution in [0.2, 0.25) is 0 Å². The van der Waals surface area contributed by atoms with Crippen molar-refractivity contribution in [2.24, 2.45) is 0 Å². The van der Waals surface area contributed by atoms with Crippen molar-refractivity contribution in [3.8, 4) is 0 Å². The van der Waals surface area contributed by atoms with Crippen LogP contribution in [0.4, 0.5) is 4.39 Å². The van der Waals surface area contributed by atoms with E-state index in [2.05, 4.69) is 5.32 Å². The summed E-state index contributed by atoms with van der Waals surface area (Å²) in [6, 6.07) is 16.2. The summed E-state index contributed by atoms with van der Waals surface area (Å²) in [5.41, 5.74) is 1.51. The zero-order valence-electron chi connectivity index (χ0n) is 12.7. The monoisotopic (exact) mass is 297 g/mol. The Labute approximate surface area is 130 Å². The minimum absolute atomic E-state index is 0.0355. The molecule has 3 heteroatoms. The third-order valence-electron chi connectivity index (χ3n) is 4.69. The van der Waals surface area contributed by atoms with Crippen molar-refractivity contribution in [3.05, 3.63) is 71.5 Å². The summed E-state index contributed by atoms with van der Waals surface area (Å²) in [7, 11) is 0. The van der Waals surface area contributed by atoms with Gasteiger partial charge in [0.05, 0.1) is 11.5 Å². The summed E-state index contributed by atoms with van der Waals surface area (Å²) >= 11 is 0. The lowest BCUT2D eigenvalue weighted by Crippen LogP contribution is -2.49. The fourth-order valence-corrected chi connectivity index (χ4v) is 3.11. The molecule has 22 heavy (non-hydrogen) atoms. The minimum Gasteiger partial charge on any atom is -0.349 e. The Morgan fingerprint density at radius 1 is 1.09 bits per heavy atom. The number of hydrogen-bond donors (Lipinski definition) is 1. The molecule has 1 fully saturated rings. The van der Waals surface area contributed by atoms with Crippen LogP contribution in [0.3, 0.4) is 0 Å². The van der Waals surface area contributed by atoms with E-state index < -0.39 is 5.41 Å². The van der Waals surface area contributed by atoms with E-state index >= 15 is 0 Å². The highest BCUT2D eigenvalue weighted by molar-refractivity contribution is 5.89. The van der Waals surface area contributed by atoms with Crippen LogP contribution in [-0.4, -0.2) is 5.91 Å². The van der Waals surface area contributed by atoms with Gasteiger partial charge < -0.3 is 5.32 Å². The van der Waals surface area contributed by atoms with Crippen molar-refractivity contribution in [2.45, 2.75) is 37.6 Å². The van der Waals surface area contributed by atoms with E-state index in [-0.39, 0.29) is 17.8 Å². The first-order chi connectivity index (χ1) is 10.6. The minimum atomic E-state index is -0.489. The average Bonchev–Trinajstić information content (AvgIpc) is 2.49. The van der Waals surface area contributed by atoms with E-state index in [9.17, 15) is 9.18 Å². The second-order valence-corrected chi connectivity index (χ2v) is 6.05. The van der Waals surface area contributed by atoms with Crippen molar-refractivity contribution in [2.75, 3.05) is 0 Å². The van der Waals surface area contributed by atoms with E-state index in [0.717, 1.165) is 30.4 Å². The zero-order chi connectivity index (χ0) is 15.6. The van der Waals surface area contributed by atoms with Gasteiger partial charge in [-0.15, -0.1) is 0 Å². The van der Waals surface area contributed by atoms with E-state index in [1.165, 1.54) is 12.1 Å². The van der Waals surface area contributed by atoms with Gasteiger partial charge in [-0.25, -0.2) is 4.39 Å². The van der Waals surface area contributed by atoms with Gasteiger partial charge in [-0.05, 0) is 43.0 Å². The average molecular weight is 297 g/mol. The number of hydrogen-bond acceptors (Lipinski definition) is 1. The molecule has 114 valence electrons. The summed E-state index contributed by atoms with van der Waals surface area (Å²) in [6.07, 6.45) is 2.68. The second kappa shape index (κ2) is 5.91. The van der Waals surface area contributed by atoms with E-state index in [1.807, 2.05) is 37.3 Å². The number of halogens is 1. The molecule has 0 saturated heterocycles. The largest absolute Gasteiger partial charge is 0.349 e. The lowest BCUT2D eigenvalue weighted by atomic mass is 9.63. The fourth-order valence-electron chi connectivity index (χ4n) is 3.11. The molecule has 0 aromatic heterocycles. The highest BCUT2D eigenvalue weighted by Crippen LogP contribution is 2.44. The van der Waals surface area contributed by atoms with Gasteiger partial charge in [0.2, 0.25) is 5.91 Å². The highest BCUT2D eigenvalue weighted by Gasteiger charge is 2.45. The molecule has 0 radical (unpaired) electrons. The Bertz CT molecular complexity index is 647. The number of carbonyl (C=O) groups is 1. The van der Waals surface area contributed by atoms with Gasteiger partial charge in [-0.3, -0.25) is 4.79 Å². The normalized spacial score (nSPS) is 17.4. The molecule has 1 aliphatic carbocycles. The maximum Gasteiger partial charge on any atom is 0.231 e. The summed E-state index contributed by atoms with van der Waals surface area (Å²) in [6.45, 7) is 1.99. The summed E-state index contributed by atoms with van der Waals surface area (Å²) < 4.78 is 13.1. The quantitative estimate of drug-likeness (QED) is 0.903. The van der Waals surface area contributed by atoms with Crippen LogP contribution in [-0.2, 0) is 10.2 Å². The molecule has 2 aromatic carbocycles. The number of rotatable bonds is 4. The summed E-state index contributed by atoms with van der Waals surface area (Å²) in [5.74, 6) is -0.224. The van der Waals surface area contributed by atoms with E-state index in [0.29, 0.717) is 0 Å². The first-order valence-electron chi connectivity index (χ1n) is 7.74. The van der Waals surface area contributed by atoms with Crippen molar-refractivity contribution < 1.29 is 9.18 Å². The molecule has 1 amide bonds. The summed E-state index contributed by atoms with van der Waals surface area (Å²) in [5, 5.41) is 3.12. The molecule has 2 nitrogen and oxygen atoms in total. The molecule has 0 aliphatic heterocycles. The van der Waals surface area contributed by atoms with Crippen molar-refractivity contribution in [3.63, 3.8) is 0 Å². The maximum absolute atomic E-state index is 13.1. The number of amides is 1. The molecular formula is C19H20FNO. The lowest BCUT2D eigenvalue weighted by Gasteiger charge is -2.41. The number of carbonyl (C=O) groups excluding carboxylic acids is 1. The second-order valence-electron chi connectivity index (χ2n) is 6.05. The summed E-state index contributed by atoms with van der Waals surface area (Å²) in [4.78, 5) is 12.8. The molecule has 0 heterocycles. The highest BCUT2D eigenvalue weighted by atomic mass is 19.1. The van der Waals surface area contributed by atoms with Crippen LogP contribution in [0, 0.1) is 5.82 Å². The molecule has 2 aromatic rings.